The van der Waals surface area contributed by atoms with Crippen molar-refractivity contribution in [2.75, 3.05) is 11.1 Å². The highest BCUT2D eigenvalue weighted by molar-refractivity contribution is 6.09. The van der Waals surface area contributed by atoms with E-state index in [0.717, 1.165) is 5.56 Å². The van der Waals surface area contributed by atoms with Crippen LogP contribution in [0.3, 0.4) is 0 Å². The van der Waals surface area contributed by atoms with Crippen molar-refractivity contribution in [1.29, 1.82) is 0 Å². The van der Waals surface area contributed by atoms with Gasteiger partial charge in [0.05, 0.1) is 11.3 Å². The molecule has 4 N–H and O–H groups in total. The molecular formula is C27H22FN7O2. The van der Waals surface area contributed by atoms with Crippen molar-refractivity contribution in [2.24, 2.45) is 0 Å². The number of rotatable bonds is 4. The first-order valence-electron chi connectivity index (χ1n) is 11.6. The summed E-state index contributed by atoms with van der Waals surface area (Å²) in [5, 5.41) is 12.8. The third-order valence-electron chi connectivity index (χ3n) is 6.83. The van der Waals surface area contributed by atoms with Crippen LogP contribution in [0, 0.1) is 12.7 Å². The van der Waals surface area contributed by atoms with Gasteiger partial charge >= 0.3 is 0 Å². The van der Waals surface area contributed by atoms with E-state index < -0.39 is 5.41 Å². The van der Waals surface area contributed by atoms with Crippen LogP contribution in [-0.2, 0) is 16.6 Å². The molecular weight excluding hydrogens is 473 g/mol. The molecule has 4 heterocycles. The fraction of sp³-hybridized carbons (Fsp3) is 0.148. The number of amides is 1. The predicted molar refractivity (Wildman–Crippen MR) is 136 cm³/mol. The zero-order valence-corrected chi connectivity index (χ0v) is 20.0. The Morgan fingerprint density at radius 3 is 2.78 bits per heavy atom. The average molecular weight is 496 g/mol. The van der Waals surface area contributed by atoms with E-state index in [9.17, 15) is 14.3 Å². The molecule has 0 aliphatic carbocycles. The number of anilines is 2. The standard InChI is InChI=1S/C27H22FN7O2/c1-14-10-16(6-7-20(14)36)27(2)21-22(29)32-23(33-24(21)34-26(27)37)19-13-35-9-8-30-25(35)18(31-19)12-15-4-3-5-17(28)11-15/h3-11,13,36H,12H2,1-2H3,(H3,29,32,33,34,37). The Morgan fingerprint density at radius 2 is 2.00 bits per heavy atom. The van der Waals surface area contributed by atoms with E-state index in [4.69, 9.17) is 10.7 Å². The summed E-state index contributed by atoms with van der Waals surface area (Å²) in [6, 6.07) is 11.3. The van der Waals surface area contributed by atoms with E-state index in [1.165, 1.54) is 12.1 Å². The molecule has 3 aromatic heterocycles. The number of aromatic nitrogens is 5. The lowest BCUT2D eigenvalue weighted by atomic mass is 9.77. The lowest BCUT2D eigenvalue weighted by Gasteiger charge is -2.24. The van der Waals surface area contributed by atoms with Gasteiger partial charge in [0.25, 0.3) is 0 Å². The van der Waals surface area contributed by atoms with Gasteiger partial charge in [-0.25, -0.2) is 24.3 Å². The fourth-order valence-electron chi connectivity index (χ4n) is 4.83. The molecule has 1 atom stereocenters. The van der Waals surface area contributed by atoms with E-state index in [1.807, 2.05) is 6.07 Å². The largest absolute Gasteiger partial charge is 0.508 e. The molecule has 1 amide bonds. The summed E-state index contributed by atoms with van der Waals surface area (Å²) in [7, 11) is 0. The van der Waals surface area contributed by atoms with Crippen molar-refractivity contribution in [3.05, 3.63) is 94.8 Å². The zero-order valence-electron chi connectivity index (χ0n) is 20.0. The lowest BCUT2D eigenvalue weighted by Crippen LogP contribution is -2.33. The second kappa shape index (κ2) is 8.09. The SMILES string of the molecule is Cc1cc(C2(C)C(=O)Nc3nc(-c4cn5ccnc5c(Cc5cccc(F)c5)n4)nc(N)c32)ccc1O. The monoisotopic (exact) mass is 495 g/mol. The highest BCUT2D eigenvalue weighted by Gasteiger charge is 2.47. The molecule has 9 nitrogen and oxygen atoms in total. The number of imidazole rings is 1. The van der Waals surface area contributed by atoms with Gasteiger partial charge in [-0.15, -0.1) is 0 Å². The quantitative estimate of drug-likeness (QED) is 0.346. The summed E-state index contributed by atoms with van der Waals surface area (Å²) in [5.41, 5.74) is 9.49. The van der Waals surface area contributed by atoms with Gasteiger partial charge in [-0.2, -0.15) is 0 Å². The summed E-state index contributed by atoms with van der Waals surface area (Å²) in [6.07, 6.45) is 5.51. The molecule has 6 rings (SSSR count). The van der Waals surface area contributed by atoms with Crippen molar-refractivity contribution in [1.82, 2.24) is 24.3 Å². The average Bonchev–Trinajstić information content (AvgIpc) is 3.44. The van der Waals surface area contributed by atoms with E-state index in [2.05, 4.69) is 20.3 Å². The number of nitrogens with zero attached hydrogens (tertiary/aromatic N) is 5. The van der Waals surface area contributed by atoms with Gasteiger partial charge < -0.3 is 20.6 Å². The van der Waals surface area contributed by atoms with Crippen LogP contribution in [-0.4, -0.2) is 35.4 Å². The normalized spacial score (nSPS) is 16.7. The number of benzene rings is 2. The minimum atomic E-state index is -1.14. The van der Waals surface area contributed by atoms with Crippen molar-refractivity contribution >= 4 is 23.2 Å². The van der Waals surface area contributed by atoms with E-state index in [-0.39, 0.29) is 29.1 Å². The zero-order chi connectivity index (χ0) is 25.9. The summed E-state index contributed by atoms with van der Waals surface area (Å²) >= 11 is 0. The van der Waals surface area contributed by atoms with Gasteiger partial charge in [0.2, 0.25) is 5.91 Å². The van der Waals surface area contributed by atoms with Crippen molar-refractivity contribution in [3.63, 3.8) is 0 Å². The molecule has 1 aliphatic heterocycles. The molecule has 10 heteroatoms. The minimum absolute atomic E-state index is 0.139. The summed E-state index contributed by atoms with van der Waals surface area (Å²) in [5.74, 6) is 0.200. The Morgan fingerprint density at radius 1 is 1.16 bits per heavy atom. The Bertz CT molecular complexity index is 1730. The number of carbonyl (C=O) groups is 1. The number of nitrogen functional groups attached to an aromatic ring is 1. The third-order valence-corrected chi connectivity index (χ3v) is 6.83. The molecule has 5 aromatic rings. The lowest BCUT2D eigenvalue weighted by molar-refractivity contribution is -0.119. The topological polar surface area (TPSA) is 131 Å². The van der Waals surface area contributed by atoms with Gasteiger partial charge in [0.1, 0.15) is 34.3 Å². The van der Waals surface area contributed by atoms with Crippen LogP contribution in [0.1, 0.15) is 34.9 Å². The van der Waals surface area contributed by atoms with Crippen LogP contribution < -0.4 is 11.1 Å². The van der Waals surface area contributed by atoms with Crippen LogP contribution in [0.2, 0.25) is 0 Å². The molecule has 2 aromatic carbocycles. The maximum absolute atomic E-state index is 13.8. The number of phenols is 1. The van der Waals surface area contributed by atoms with Crippen LogP contribution in [0.5, 0.6) is 5.75 Å². The maximum Gasteiger partial charge on any atom is 0.240 e. The molecule has 1 unspecified atom stereocenters. The second-order valence-corrected chi connectivity index (χ2v) is 9.27. The molecule has 37 heavy (non-hydrogen) atoms. The number of hydrogen-bond acceptors (Lipinski definition) is 7. The number of aryl methyl sites for hydroxylation is 1. The van der Waals surface area contributed by atoms with E-state index in [0.29, 0.717) is 46.0 Å². The summed E-state index contributed by atoms with van der Waals surface area (Å²) in [4.78, 5) is 31.5. The van der Waals surface area contributed by atoms with Gasteiger partial charge in [-0.1, -0.05) is 24.3 Å². The number of phenolic OH excluding ortho intramolecular Hbond substituents is 1. The first kappa shape index (κ1) is 22.6. The molecule has 0 fully saturated rings. The second-order valence-electron chi connectivity index (χ2n) is 9.27. The third kappa shape index (κ3) is 3.56. The number of hydrogen-bond donors (Lipinski definition) is 3. The van der Waals surface area contributed by atoms with E-state index in [1.54, 1.807) is 61.1 Å². The smallest absolute Gasteiger partial charge is 0.240 e. The number of carbonyl (C=O) groups excluding carboxylic acids is 1. The molecule has 184 valence electrons. The molecule has 0 spiro atoms. The summed E-state index contributed by atoms with van der Waals surface area (Å²) < 4.78 is 15.6. The number of nitrogens with one attached hydrogen (secondary N) is 1. The van der Waals surface area contributed by atoms with Crippen LogP contribution >= 0.6 is 0 Å². The van der Waals surface area contributed by atoms with Gasteiger partial charge in [0, 0.05) is 25.0 Å². The number of halogens is 1. The first-order chi connectivity index (χ1) is 17.7. The van der Waals surface area contributed by atoms with Gasteiger partial charge in [-0.3, -0.25) is 4.79 Å². The van der Waals surface area contributed by atoms with Gasteiger partial charge in [-0.05, 0) is 48.7 Å². The summed E-state index contributed by atoms with van der Waals surface area (Å²) in [6.45, 7) is 3.52. The Hall–Kier alpha value is -4.86. The molecule has 0 radical (unpaired) electrons. The highest BCUT2D eigenvalue weighted by atomic mass is 19.1. The predicted octanol–water partition coefficient (Wildman–Crippen LogP) is 3.77. The Balaban J connectivity index is 1.46. The molecule has 0 bridgehead atoms. The molecule has 0 saturated carbocycles. The van der Waals surface area contributed by atoms with Crippen LogP contribution in [0.4, 0.5) is 16.0 Å². The molecule has 0 saturated heterocycles. The van der Waals surface area contributed by atoms with Crippen LogP contribution in [0.15, 0.2) is 61.1 Å². The number of nitrogens with two attached hydrogens (primary N) is 1. The highest BCUT2D eigenvalue weighted by Crippen LogP contribution is 2.45. The minimum Gasteiger partial charge on any atom is -0.508 e. The van der Waals surface area contributed by atoms with Gasteiger partial charge in [0.15, 0.2) is 11.5 Å². The Labute approximate surface area is 210 Å². The Kier molecular flexibility index (Phi) is 4.94. The first-order valence-corrected chi connectivity index (χ1v) is 11.6. The fourth-order valence-corrected chi connectivity index (χ4v) is 4.83. The number of aromatic hydroxyl groups is 1. The van der Waals surface area contributed by atoms with Crippen molar-refractivity contribution in [3.8, 4) is 17.3 Å². The maximum atomic E-state index is 13.8. The van der Waals surface area contributed by atoms with Crippen LogP contribution in [0.25, 0.3) is 17.2 Å². The number of fused-ring (bicyclic) bond motifs is 2. The van der Waals surface area contributed by atoms with Crippen molar-refractivity contribution in [2.45, 2.75) is 25.7 Å². The van der Waals surface area contributed by atoms with E-state index >= 15 is 0 Å². The van der Waals surface area contributed by atoms with Crippen molar-refractivity contribution < 1.29 is 14.3 Å². The molecule has 1 aliphatic rings.